The summed E-state index contributed by atoms with van der Waals surface area (Å²) in [5, 5.41) is 0.703. The van der Waals surface area contributed by atoms with Crippen LogP contribution >= 0.6 is 11.6 Å². The maximum Gasteiger partial charge on any atom is 0.230 e. The summed E-state index contributed by atoms with van der Waals surface area (Å²) in [4.78, 5) is 15.7. The van der Waals surface area contributed by atoms with Crippen molar-refractivity contribution >= 4 is 17.5 Å². The molecule has 0 saturated heterocycles. The third-order valence-electron chi connectivity index (χ3n) is 5.67. The minimum Gasteiger partial charge on any atom is -0.331 e. The Hall–Kier alpha value is -2.58. The molecule has 2 nitrogen and oxygen atoms in total. The van der Waals surface area contributed by atoms with Gasteiger partial charge in [-0.05, 0) is 41.2 Å². The summed E-state index contributed by atoms with van der Waals surface area (Å²) in [6, 6.07) is 26.2. The Kier molecular flexibility index (Phi) is 5.50. The van der Waals surface area contributed by atoms with Gasteiger partial charge in [-0.25, -0.2) is 0 Å². The number of amides is 1. The second-order valence-corrected chi connectivity index (χ2v) is 7.68. The summed E-state index contributed by atoms with van der Waals surface area (Å²) in [7, 11) is 0. The Bertz CT molecular complexity index is 969. The van der Waals surface area contributed by atoms with Crippen LogP contribution in [0.1, 0.15) is 47.6 Å². The van der Waals surface area contributed by atoms with E-state index >= 15 is 0 Å². The average Bonchev–Trinajstić information content (AvgIpc) is 2.74. The van der Waals surface area contributed by atoms with Crippen LogP contribution in [0.2, 0.25) is 5.02 Å². The SMILES string of the molecule is CC[C@H](C(=O)N1CCc2ccccc2[C@H]1c1ccccc1Cl)c1ccccc1. The van der Waals surface area contributed by atoms with Crippen LogP contribution in [-0.2, 0) is 11.2 Å². The first-order chi connectivity index (χ1) is 13.7. The van der Waals surface area contributed by atoms with Crippen LogP contribution in [0.15, 0.2) is 78.9 Å². The lowest BCUT2D eigenvalue weighted by Crippen LogP contribution is -2.43. The molecule has 3 aromatic carbocycles. The number of benzene rings is 3. The van der Waals surface area contributed by atoms with Gasteiger partial charge in [-0.3, -0.25) is 4.79 Å². The Morgan fingerprint density at radius 1 is 0.964 bits per heavy atom. The maximum absolute atomic E-state index is 13.7. The third kappa shape index (κ3) is 3.45. The highest BCUT2D eigenvalue weighted by atomic mass is 35.5. The number of carbonyl (C=O) groups excluding carboxylic acids is 1. The summed E-state index contributed by atoms with van der Waals surface area (Å²) in [5.41, 5.74) is 4.54. The molecule has 1 heterocycles. The lowest BCUT2D eigenvalue weighted by atomic mass is 9.86. The van der Waals surface area contributed by atoms with Gasteiger partial charge in [0.1, 0.15) is 0 Å². The van der Waals surface area contributed by atoms with E-state index in [1.54, 1.807) is 0 Å². The van der Waals surface area contributed by atoms with E-state index in [-0.39, 0.29) is 17.9 Å². The van der Waals surface area contributed by atoms with Crippen molar-refractivity contribution in [3.05, 3.63) is 106 Å². The topological polar surface area (TPSA) is 20.3 Å². The highest BCUT2D eigenvalue weighted by molar-refractivity contribution is 6.31. The minimum atomic E-state index is -0.149. The number of fused-ring (bicyclic) bond motifs is 1. The maximum atomic E-state index is 13.7. The fourth-order valence-electron chi connectivity index (χ4n) is 4.27. The summed E-state index contributed by atoms with van der Waals surface area (Å²) >= 11 is 6.59. The van der Waals surface area contributed by atoms with Gasteiger partial charge in [0, 0.05) is 11.6 Å². The second-order valence-electron chi connectivity index (χ2n) is 7.28. The molecule has 1 amide bonds. The van der Waals surface area contributed by atoms with Crippen molar-refractivity contribution in [2.75, 3.05) is 6.54 Å². The molecule has 1 aliphatic heterocycles. The van der Waals surface area contributed by atoms with Crippen LogP contribution in [0.25, 0.3) is 0 Å². The Labute approximate surface area is 171 Å². The first kappa shape index (κ1) is 18.8. The van der Waals surface area contributed by atoms with E-state index in [4.69, 9.17) is 11.6 Å². The van der Waals surface area contributed by atoms with Gasteiger partial charge in [0.2, 0.25) is 5.91 Å². The van der Waals surface area contributed by atoms with Crippen molar-refractivity contribution in [1.29, 1.82) is 0 Å². The molecule has 0 saturated carbocycles. The van der Waals surface area contributed by atoms with Crippen LogP contribution in [0.3, 0.4) is 0 Å². The molecule has 0 N–H and O–H groups in total. The minimum absolute atomic E-state index is 0.142. The molecule has 0 radical (unpaired) electrons. The van der Waals surface area contributed by atoms with E-state index in [9.17, 15) is 4.79 Å². The molecule has 0 spiro atoms. The van der Waals surface area contributed by atoms with Crippen LogP contribution in [0, 0.1) is 0 Å². The zero-order valence-electron chi connectivity index (χ0n) is 16.0. The molecule has 4 rings (SSSR count). The van der Waals surface area contributed by atoms with Gasteiger partial charge >= 0.3 is 0 Å². The predicted octanol–water partition coefficient (Wildman–Crippen LogP) is 6.01. The zero-order chi connectivity index (χ0) is 19.5. The first-order valence-corrected chi connectivity index (χ1v) is 10.3. The van der Waals surface area contributed by atoms with E-state index < -0.39 is 0 Å². The van der Waals surface area contributed by atoms with Crippen LogP contribution in [-0.4, -0.2) is 17.4 Å². The predicted molar refractivity (Wildman–Crippen MR) is 115 cm³/mol. The quantitative estimate of drug-likeness (QED) is 0.535. The number of hydrogen-bond acceptors (Lipinski definition) is 1. The van der Waals surface area contributed by atoms with Gasteiger partial charge in [-0.2, -0.15) is 0 Å². The molecule has 0 unspecified atom stereocenters. The molecule has 3 heteroatoms. The van der Waals surface area contributed by atoms with Gasteiger partial charge in [-0.15, -0.1) is 0 Å². The van der Waals surface area contributed by atoms with Gasteiger partial charge < -0.3 is 4.90 Å². The van der Waals surface area contributed by atoms with Crippen molar-refractivity contribution in [3.8, 4) is 0 Å². The van der Waals surface area contributed by atoms with E-state index in [1.807, 2.05) is 53.4 Å². The summed E-state index contributed by atoms with van der Waals surface area (Å²) < 4.78 is 0. The molecule has 1 aliphatic rings. The van der Waals surface area contributed by atoms with Crippen molar-refractivity contribution in [1.82, 2.24) is 4.90 Å². The molecule has 3 aromatic rings. The summed E-state index contributed by atoms with van der Waals surface area (Å²) in [5.74, 6) is 0.0320. The van der Waals surface area contributed by atoms with Crippen molar-refractivity contribution in [2.45, 2.75) is 31.7 Å². The van der Waals surface area contributed by atoms with Crippen LogP contribution in [0.5, 0.6) is 0 Å². The molecule has 0 fully saturated rings. The van der Waals surface area contributed by atoms with Crippen molar-refractivity contribution in [2.24, 2.45) is 0 Å². The molecule has 0 bridgehead atoms. The Morgan fingerprint density at radius 3 is 2.32 bits per heavy atom. The smallest absolute Gasteiger partial charge is 0.230 e. The summed E-state index contributed by atoms with van der Waals surface area (Å²) in [6.07, 6.45) is 1.64. The number of nitrogens with zero attached hydrogens (tertiary/aromatic N) is 1. The molecule has 0 aliphatic carbocycles. The third-order valence-corrected chi connectivity index (χ3v) is 6.02. The van der Waals surface area contributed by atoms with E-state index in [1.165, 1.54) is 11.1 Å². The molecule has 28 heavy (non-hydrogen) atoms. The highest BCUT2D eigenvalue weighted by Crippen LogP contribution is 2.40. The number of halogens is 1. The molecular weight excluding hydrogens is 366 g/mol. The van der Waals surface area contributed by atoms with Gasteiger partial charge in [0.05, 0.1) is 12.0 Å². The van der Waals surface area contributed by atoms with Gasteiger partial charge in [-0.1, -0.05) is 91.3 Å². The largest absolute Gasteiger partial charge is 0.331 e. The second kappa shape index (κ2) is 8.20. The van der Waals surface area contributed by atoms with Crippen molar-refractivity contribution in [3.63, 3.8) is 0 Å². The van der Waals surface area contributed by atoms with E-state index in [0.717, 1.165) is 24.0 Å². The van der Waals surface area contributed by atoms with E-state index in [2.05, 4.69) is 37.3 Å². The van der Waals surface area contributed by atoms with E-state index in [0.29, 0.717) is 11.6 Å². The van der Waals surface area contributed by atoms with Gasteiger partial charge in [0.25, 0.3) is 0 Å². The average molecular weight is 390 g/mol. The monoisotopic (exact) mass is 389 g/mol. The molecule has 0 aromatic heterocycles. The fraction of sp³-hybridized carbons (Fsp3) is 0.240. The lowest BCUT2D eigenvalue weighted by Gasteiger charge is -2.40. The number of carbonyl (C=O) groups is 1. The highest BCUT2D eigenvalue weighted by Gasteiger charge is 2.35. The Balaban J connectivity index is 1.79. The standard InChI is InChI=1S/C25H24ClNO/c1-2-20(18-10-4-3-5-11-18)25(28)27-17-16-19-12-6-7-13-21(19)24(27)22-14-8-9-15-23(22)26/h3-15,20,24H,2,16-17H2,1H3/t20-,24-/m0/s1. The lowest BCUT2D eigenvalue weighted by molar-refractivity contribution is -0.135. The molecule has 2 atom stereocenters. The summed E-state index contributed by atoms with van der Waals surface area (Å²) in [6.45, 7) is 2.78. The van der Waals surface area contributed by atoms with Crippen molar-refractivity contribution < 1.29 is 4.79 Å². The first-order valence-electron chi connectivity index (χ1n) is 9.88. The van der Waals surface area contributed by atoms with Crippen LogP contribution in [0.4, 0.5) is 0 Å². The molecule has 142 valence electrons. The molecular formula is C25H24ClNO. The number of hydrogen-bond donors (Lipinski definition) is 0. The van der Waals surface area contributed by atoms with Gasteiger partial charge in [0.15, 0.2) is 0 Å². The number of rotatable bonds is 4. The Morgan fingerprint density at radius 2 is 1.61 bits per heavy atom. The normalized spacial score (nSPS) is 17.1. The van der Waals surface area contributed by atoms with Crippen LogP contribution < -0.4 is 0 Å². The fourth-order valence-corrected chi connectivity index (χ4v) is 4.51. The zero-order valence-corrected chi connectivity index (χ0v) is 16.8.